The van der Waals surface area contributed by atoms with E-state index in [1.54, 1.807) is 0 Å². The van der Waals surface area contributed by atoms with Gasteiger partial charge in [0.05, 0.1) is 0 Å². The SMILES string of the molecule is C=C(C)c1ccccc1NC(=O)CCc1ccc2ccccc2c1. The lowest BCUT2D eigenvalue weighted by atomic mass is 10.0. The third-order valence-corrected chi connectivity index (χ3v) is 4.12. The Bertz CT molecular complexity index is 895. The molecule has 3 rings (SSSR count). The van der Waals surface area contributed by atoms with E-state index in [-0.39, 0.29) is 5.91 Å². The smallest absolute Gasteiger partial charge is 0.224 e. The Kier molecular flexibility index (Phi) is 4.76. The lowest BCUT2D eigenvalue weighted by Gasteiger charge is -2.11. The molecule has 0 bridgehead atoms. The molecule has 0 spiro atoms. The minimum Gasteiger partial charge on any atom is -0.326 e. The summed E-state index contributed by atoms with van der Waals surface area (Å²) < 4.78 is 0. The van der Waals surface area contributed by atoms with Crippen LogP contribution in [0.1, 0.15) is 24.5 Å². The molecule has 3 aromatic carbocycles. The Hall–Kier alpha value is -2.87. The van der Waals surface area contributed by atoms with Crippen molar-refractivity contribution in [1.29, 1.82) is 0 Å². The first-order valence-electron chi connectivity index (χ1n) is 8.16. The van der Waals surface area contributed by atoms with Crippen molar-refractivity contribution >= 4 is 27.9 Å². The van der Waals surface area contributed by atoms with E-state index in [1.807, 2.05) is 43.3 Å². The highest BCUT2D eigenvalue weighted by molar-refractivity contribution is 5.94. The number of hydrogen-bond acceptors (Lipinski definition) is 1. The zero-order chi connectivity index (χ0) is 16.9. The molecular weight excluding hydrogens is 294 g/mol. The highest BCUT2D eigenvalue weighted by Gasteiger charge is 2.07. The van der Waals surface area contributed by atoms with Gasteiger partial charge in [0.25, 0.3) is 0 Å². The van der Waals surface area contributed by atoms with Crippen LogP contribution in [0, 0.1) is 0 Å². The average molecular weight is 315 g/mol. The Labute approximate surface area is 142 Å². The molecule has 0 radical (unpaired) electrons. The van der Waals surface area contributed by atoms with Crippen LogP contribution in [-0.4, -0.2) is 5.91 Å². The third-order valence-electron chi connectivity index (χ3n) is 4.12. The van der Waals surface area contributed by atoms with Crippen LogP contribution in [0.15, 0.2) is 73.3 Å². The summed E-state index contributed by atoms with van der Waals surface area (Å²) in [4.78, 5) is 12.3. The predicted molar refractivity (Wildman–Crippen MR) is 102 cm³/mol. The number of hydrogen-bond donors (Lipinski definition) is 1. The number of allylic oxidation sites excluding steroid dienone is 1. The van der Waals surface area contributed by atoms with Gasteiger partial charge in [-0.25, -0.2) is 0 Å². The van der Waals surface area contributed by atoms with Gasteiger partial charge in [0.2, 0.25) is 5.91 Å². The first-order valence-corrected chi connectivity index (χ1v) is 8.16. The van der Waals surface area contributed by atoms with Crippen molar-refractivity contribution in [3.8, 4) is 0 Å². The second-order valence-corrected chi connectivity index (χ2v) is 6.06. The number of fused-ring (bicyclic) bond motifs is 1. The molecule has 0 aliphatic carbocycles. The lowest BCUT2D eigenvalue weighted by Crippen LogP contribution is -2.13. The summed E-state index contributed by atoms with van der Waals surface area (Å²) in [5.74, 6) is 0.0249. The summed E-state index contributed by atoms with van der Waals surface area (Å²) in [6.07, 6.45) is 1.19. The fraction of sp³-hybridized carbons (Fsp3) is 0.136. The molecule has 0 aromatic heterocycles. The molecule has 0 aliphatic rings. The van der Waals surface area contributed by atoms with Gasteiger partial charge in [-0.2, -0.15) is 0 Å². The van der Waals surface area contributed by atoms with E-state index < -0.39 is 0 Å². The van der Waals surface area contributed by atoms with E-state index in [2.05, 4.69) is 42.2 Å². The fourth-order valence-corrected chi connectivity index (χ4v) is 2.83. The van der Waals surface area contributed by atoms with Crippen LogP contribution in [0.5, 0.6) is 0 Å². The molecule has 2 heteroatoms. The van der Waals surface area contributed by atoms with E-state index in [0.29, 0.717) is 6.42 Å². The monoisotopic (exact) mass is 315 g/mol. The number of carbonyl (C=O) groups is 1. The minimum atomic E-state index is 0.0249. The summed E-state index contributed by atoms with van der Waals surface area (Å²) in [6, 6.07) is 22.4. The first-order chi connectivity index (χ1) is 11.6. The Balaban J connectivity index is 1.66. The number of amides is 1. The van der Waals surface area contributed by atoms with Crippen LogP contribution in [0.3, 0.4) is 0 Å². The maximum atomic E-state index is 12.3. The van der Waals surface area contributed by atoms with Crippen molar-refractivity contribution in [3.63, 3.8) is 0 Å². The van der Waals surface area contributed by atoms with E-state index in [1.165, 1.54) is 16.3 Å². The molecule has 0 saturated carbocycles. The van der Waals surface area contributed by atoms with Crippen molar-refractivity contribution in [3.05, 3.63) is 84.4 Å². The van der Waals surface area contributed by atoms with Crippen molar-refractivity contribution in [1.82, 2.24) is 0 Å². The second kappa shape index (κ2) is 7.14. The third kappa shape index (κ3) is 3.72. The lowest BCUT2D eigenvalue weighted by molar-refractivity contribution is -0.116. The zero-order valence-corrected chi connectivity index (χ0v) is 13.9. The zero-order valence-electron chi connectivity index (χ0n) is 13.9. The summed E-state index contributed by atoms with van der Waals surface area (Å²) >= 11 is 0. The number of benzene rings is 3. The van der Waals surface area contributed by atoms with Crippen LogP contribution in [-0.2, 0) is 11.2 Å². The second-order valence-electron chi connectivity index (χ2n) is 6.06. The normalized spacial score (nSPS) is 10.5. The van der Waals surface area contributed by atoms with Gasteiger partial charge in [-0.3, -0.25) is 4.79 Å². The van der Waals surface area contributed by atoms with Gasteiger partial charge in [0.15, 0.2) is 0 Å². The molecule has 0 unspecified atom stereocenters. The highest BCUT2D eigenvalue weighted by Crippen LogP contribution is 2.22. The van der Waals surface area contributed by atoms with Gasteiger partial charge >= 0.3 is 0 Å². The maximum Gasteiger partial charge on any atom is 0.224 e. The standard InChI is InChI=1S/C22H21NO/c1-16(2)20-9-5-6-10-21(20)23-22(24)14-12-17-11-13-18-7-3-4-8-19(18)15-17/h3-11,13,15H,1,12,14H2,2H3,(H,23,24). The molecular formula is C22H21NO. The quantitative estimate of drug-likeness (QED) is 0.667. The van der Waals surface area contributed by atoms with Crippen LogP contribution < -0.4 is 5.32 Å². The van der Waals surface area contributed by atoms with E-state index >= 15 is 0 Å². The fourth-order valence-electron chi connectivity index (χ4n) is 2.83. The Morgan fingerprint density at radius 1 is 0.958 bits per heavy atom. The molecule has 3 aromatic rings. The van der Waals surface area contributed by atoms with Gasteiger partial charge in [-0.15, -0.1) is 0 Å². The number of para-hydroxylation sites is 1. The molecule has 0 heterocycles. The molecule has 0 saturated heterocycles. The minimum absolute atomic E-state index is 0.0249. The first kappa shape index (κ1) is 16.0. The van der Waals surface area contributed by atoms with Crippen molar-refractivity contribution < 1.29 is 4.79 Å². The molecule has 1 amide bonds. The summed E-state index contributed by atoms with van der Waals surface area (Å²) in [5.41, 5.74) is 3.93. The van der Waals surface area contributed by atoms with Crippen LogP contribution in [0.25, 0.3) is 16.3 Å². The summed E-state index contributed by atoms with van der Waals surface area (Å²) in [6.45, 7) is 5.91. The predicted octanol–water partition coefficient (Wildman–Crippen LogP) is 5.44. The highest BCUT2D eigenvalue weighted by atomic mass is 16.1. The van der Waals surface area contributed by atoms with E-state index in [9.17, 15) is 4.79 Å². The number of rotatable bonds is 5. The molecule has 0 aliphatic heterocycles. The van der Waals surface area contributed by atoms with Gasteiger partial charge in [0.1, 0.15) is 0 Å². The summed E-state index contributed by atoms with van der Waals surface area (Å²) in [5, 5.41) is 5.43. The number of anilines is 1. The molecule has 2 nitrogen and oxygen atoms in total. The van der Waals surface area contributed by atoms with Crippen LogP contribution in [0.4, 0.5) is 5.69 Å². The number of nitrogens with one attached hydrogen (secondary N) is 1. The maximum absolute atomic E-state index is 12.3. The van der Waals surface area contributed by atoms with Crippen molar-refractivity contribution in [2.45, 2.75) is 19.8 Å². The summed E-state index contributed by atoms with van der Waals surface area (Å²) in [7, 11) is 0. The Morgan fingerprint density at radius 2 is 1.67 bits per heavy atom. The molecule has 120 valence electrons. The Morgan fingerprint density at radius 3 is 2.46 bits per heavy atom. The number of carbonyl (C=O) groups excluding carboxylic acids is 1. The van der Waals surface area contributed by atoms with Gasteiger partial charge in [-0.1, -0.05) is 67.2 Å². The molecule has 24 heavy (non-hydrogen) atoms. The number of aryl methyl sites for hydroxylation is 1. The molecule has 0 atom stereocenters. The molecule has 0 fully saturated rings. The van der Waals surface area contributed by atoms with Crippen LogP contribution in [0.2, 0.25) is 0 Å². The van der Waals surface area contributed by atoms with Crippen LogP contribution >= 0.6 is 0 Å². The van der Waals surface area contributed by atoms with Gasteiger partial charge in [-0.05, 0) is 41.3 Å². The van der Waals surface area contributed by atoms with Gasteiger partial charge in [0, 0.05) is 17.7 Å². The molecule has 1 N–H and O–H groups in total. The largest absolute Gasteiger partial charge is 0.326 e. The van der Waals surface area contributed by atoms with Crippen molar-refractivity contribution in [2.24, 2.45) is 0 Å². The van der Waals surface area contributed by atoms with Crippen molar-refractivity contribution in [2.75, 3.05) is 5.32 Å². The van der Waals surface area contributed by atoms with Gasteiger partial charge < -0.3 is 5.32 Å². The van der Waals surface area contributed by atoms with E-state index in [0.717, 1.165) is 23.2 Å². The van der Waals surface area contributed by atoms with E-state index in [4.69, 9.17) is 0 Å². The average Bonchev–Trinajstić information content (AvgIpc) is 2.60. The topological polar surface area (TPSA) is 29.1 Å².